The first-order valence-electron chi connectivity index (χ1n) is 7.43. The van der Waals surface area contributed by atoms with Gasteiger partial charge in [0.1, 0.15) is 5.75 Å². The van der Waals surface area contributed by atoms with Crippen LogP contribution >= 0.6 is 23.2 Å². The lowest BCUT2D eigenvalue weighted by molar-refractivity contribution is 0.484. The van der Waals surface area contributed by atoms with Crippen LogP contribution in [0.4, 0.5) is 5.69 Å². The van der Waals surface area contributed by atoms with Crippen LogP contribution in [0.3, 0.4) is 0 Å². The molecule has 1 saturated carbocycles. The van der Waals surface area contributed by atoms with Crippen molar-refractivity contribution in [3.63, 3.8) is 0 Å². The topological polar surface area (TPSA) is 48.1 Å². The van der Waals surface area contributed by atoms with E-state index < -0.39 is 0 Å². The highest BCUT2D eigenvalue weighted by atomic mass is 35.5. The average molecular weight is 345 g/mol. The maximum absolute atomic E-state index is 6.19. The van der Waals surface area contributed by atoms with E-state index in [0.29, 0.717) is 33.1 Å². The lowest BCUT2D eigenvalue weighted by atomic mass is 10.1. The number of halogens is 2. The molecule has 2 N–H and O–H groups in total. The molecular formula is C18H14Cl2N2O. The fraction of sp³-hybridized carbons (Fsp3) is 0.167. The quantitative estimate of drug-likeness (QED) is 0.611. The standard InChI is InChI=1S/C18H14Cl2N2O/c19-15-7-11(21)8-16(20)18(15)23-12-3-4-17-14(9-12)13(5-6-22-17)10-1-2-10/h3-10H,1-2,21H2. The Morgan fingerprint density at radius 1 is 1.04 bits per heavy atom. The minimum absolute atomic E-state index is 0.392. The zero-order valence-electron chi connectivity index (χ0n) is 12.2. The summed E-state index contributed by atoms with van der Waals surface area (Å²) in [6, 6.07) is 11.2. The molecular weight excluding hydrogens is 331 g/mol. The van der Waals surface area contributed by atoms with Gasteiger partial charge in [-0.2, -0.15) is 0 Å². The van der Waals surface area contributed by atoms with Crippen molar-refractivity contribution >= 4 is 39.8 Å². The van der Waals surface area contributed by atoms with Crippen molar-refractivity contribution in [2.24, 2.45) is 0 Å². The second kappa shape index (κ2) is 5.59. The number of anilines is 1. The van der Waals surface area contributed by atoms with Gasteiger partial charge in [0.25, 0.3) is 0 Å². The molecule has 0 bridgehead atoms. The van der Waals surface area contributed by atoms with Crippen LogP contribution in [-0.4, -0.2) is 4.98 Å². The summed E-state index contributed by atoms with van der Waals surface area (Å²) in [6.45, 7) is 0. The number of fused-ring (bicyclic) bond motifs is 1. The molecule has 116 valence electrons. The Kier molecular flexibility index (Phi) is 3.55. The van der Waals surface area contributed by atoms with Crippen molar-refractivity contribution in [3.8, 4) is 11.5 Å². The monoisotopic (exact) mass is 344 g/mol. The Morgan fingerprint density at radius 2 is 1.78 bits per heavy atom. The highest BCUT2D eigenvalue weighted by Gasteiger charge is 2.25. The number of pyridine rings is 1. The number of aromatic nitrogens is 1. The summed E-state index contributed by atoms with van der Waals surface area (Å²) in [6.07, 6.45) is 4.34. The highest BCUT2D eigenvalue weighted by Crippen LogP contribution is 2.44. The first-order valence-corrected chi connectivity index (χ1v) is 8.18. The van der Waals surface area contributed by atoms with Gasteiger partial charge >= 0.3 is 0 Å². The summed E-state index contributed by atoms with van der Waals surface area (Å²) in [4.78, 5) is 4.42. The van der Waals surface area contributed by atoms with Gasteiger partial charge in [-0.05, 0) is 60.7 Å². The van der Waals surface area contributed by atoms with E-state index in [1.165, 1.54) is 18.4 Å². The van der Waals surface area contributed by atoms with Gasteiger partial charge in [-0.25, -0.2) is 0 Å². The van der Waals surface area contributed by atoms with Crippen LogP contribution in [0.5, 0.6) is 11.5 Å². The largest absolute Gasteiger partial charge is 0.454 e. The Balaban J connectivity index is 1.77. The van der Waals surface area contributed by atoms with Crippen molar-refractivity contribution in [1.82, 2.24) is 4.98 Å². The predicted octanol–water partition coefficient (Wildman–Crippen LogP) is 5.79. The Bertz CT molecular complexity index is 884. The molecule has 1 aliphatic rings. The van der Waals surface area contributed by atoms with E-state index in [-0.39, 0.29) is 0 Å². The second-order valence-corrected chi connectivity index (χ2v) is 6.58. The van der Waals surface area contributed by atoms with Crippen molar-refractivity contribution in [2.45, 2.75) is 18.8 Å². The molecule has 1 aromatic heterocycles. The van der Waals surface area contributed by atoms with Gasteiger partial charge in [-0.1, -0.05) is 23.2 Å². The van der Waals surface area contributed by atoms with Crippen LogP contribution < -0.4 is 10.5 Å². The summed E-state index contributed by atoms with van der Waals surface area (Å²) < 4.78 is 5.91. The minimum Gasteiger partial charge on any atom is -0.454 e. The fourth-order valence-corrected chi connectivity index (χ4v) is 3.34. The molecule has 5 heteroatoms. The lowest BCUT2D eigenvalue weighted by Crippen LogP contribution is -1.92. The zero-order chi connectivity index (χ0) is 16.0. The molecule has 0 aliphatic heterocycles. The number of ether oxygens (including phenoxy) is 1. The molecule has 0 unspecified atom stereocenters. The summed E-state index contributed by atoms with van der Waals surface area (Å²) in [5.41, 5.74) is 8.53. The molecule has 4 rings (SSSR count). The van der Waals surface area contributed by atoms with Gasteiger partial charge in [0.05, 0.1) is 15.6 Å². The van der Waals surface area contributed by atoms with Crippen molar-refractivity contribution in [2.75, 3.05) is 5.73 Å². The number of nitrogens with two attached hydrogens (primary N) is 1. The number of nitrogens with zero attached hydrogens (tertiary/aromatic N) is 1. The summed E-state index contributed by atoms with van der Waals surface area (Å²) in [7, 11) is 0. The maximum atomic E-state index is 6.19. The van der Waals surface area contributed by atoms with Crippen LogP contribution in [0, 0.1) is 0 Å². The molecule has 0 atom stereocenters. The third-order valence-electron chi connectivity index (χ3n) is 4.00. The third kappa shape index (κ3) is 2.82. The van der Waals surface area contributed by atoms with Gasteiger partial charge in [-0.15, -0.1) is 0 Å². The number of hydrogen-bond donors (Lipinski definition) is 1. The second-order valence-electron chi connectivity index (χ2n) is 5.77. The number of hydrogen-bond acceptors (Lipinski definition) is 3. The Labute approximate surface area is 144 Å². The fourth-order valence-electron chi connectivity index (χ4n) is 2.76. The summed E-state index contributed by atoms with van der Waals surface area (Å²) in [5, 5.41) is 1.91. The van der Waals surface area contributed by atoms with E-state index in [9.17, 15) is 0 Å². The van der Waals surface area contributed by atoms with E-state index in [2.05, 4.69) is 11.1 Å². The first-order chi connectivity index (χ1) is 11.1. The van der Waals surface area contributed by atoms with Gasteiger partial charge in [-0.3, -0.25) is 4.98 Å². The van der Waals surface area contributed by atoms with Gasteiger partial charge in [0.2, 0.25) is 0 Å². The molecule has 1 heterocycles. The number of benzene rings is 2. The molecule has 3 aromatic rings. The van der Waals surface area contributed by atoms with E-state index in [4.69, 9.17) is 33.7 Å². The molecule has 1 fully saturated rings. The van der Waals surface area contributed by atoms with Gasteiger partial charge < -0.3 is 10.5 Å². The predicted molar refractivity (Wildman–Crippen MR) is 94.7 cm³/mol. The Morgan fingerprint density at radius 3 is 2.48 bits per heavy atom. The first kappa shape index (κ1) is 14.6. The minimum atomic E-state index is 0.392. The molecule has 0 radical (unpaired) electrons. The van der Waals surface area contributed by atoms with E-state index in [1.807, 2.05) is 24.4 Å². The Hall–Kier alpha value is -1.97. The number of nitrogen functional groups attached to an aromatic ring is 1. The molecule has 0 saturated heterocycles. The number of rotatable bonds is 3. The molecule has 1 aliphatic carbocycles. The van der Waals surface area contributed by atoms with E-state index in [0.717, 1.165) is 10.9 Å². The van der Waals surface area contributed by atoms with Crippen LogP contribution in [-0.2, 0) is 0 Å². The smallest absolute Gasteiger partial charge is 0.164 e. The SMILES string of the molecule is Nc1cc(Cl)c(Oc2ccc3nccc(C4CC4)c3c2)c(Cl)c1. The molecule has 0 amide bonds. The van der Waals surface area contributed by atoms with Crippen molar-refractivity contribution < 1.29 is 4.74 Å². The van der Waals surface area contributed by atoms with Gasteiger partial charge in [0.15, 0.2) is 5.75 Å². The summed E-state index contributed by atoms with van der Waals surface area (Å²) >= 11 is 12.4. The molecule has 2 aromatic carbocycles. The van der Waals surface area contributed by atoms with E-state index in [1.54, 1.807) is 12.1 Å². The molecule has 0 spiro atoms. The average Bonchev–Trinajstić information content (AvgIpc) is 3.35. The molecule has 23 heavy (non-hydrogen) atoms. The van der Waals surface area contributed by atoms with E-state index >= 15 is 0 Å². The van der Waals surface area contributed by atoms with Gasteiger partial charge in [0, 0.05) is 17.3 Å². The lowest BCUT2D eigenvalue weighted by Gasteiger charge is -2.12. The summed E-state index contributed by atoms with van der Waals surface area (Å²) in [5.74, 6) is 1.74. The zero-order valence-corrected chi connectivity index (χ0v) is 13.7. The normalized spacial score (nSPS) is 14.2. The van der Waals surface area contributed by atoms with Crippen LogP contribution in [0.1, 0.15) is 24.3 Å². The van der Waals surface area contributed by atoms with Crippen molar-refractivity contribution in [1.29, 1.82) is 0 Å². The third-order valence-corrected chi connectivity index (χ3v) is 4.57. The van der Waals surface area contributed by atoms with Crippen LogP contribution in [0.2, 0.25) is 10.0 Å². The van der Waals surface area contributed by atoms with Crippen LogP contribution in [0.15, 0.2) is 42.6 Å². The maximum Gasteiger partial charge on any atom is 0.164 e. The highest BCUT2D eigenvalue weighted by molar-refractivity contribution is 6.37. The van der Waals surface area contributed by atoms with Crippen LogP contribution in [0.25, 0.3) is 10.9 Å². The molecule has 3 nitrogen and oxygen atoms in total. The van der Waals surface area contributed by atoms with Crippen molar-refractivity contribution in [3.05, 3.63) is 58.2 Å².